The Morgan fingerprint density at radius 1 is 1.09 bits per heavy atom. The largest absolute Gasteiger partial charge is 0.459 e. The van der Waals surface area contributed by atoms with E-state index in [0.29, 0.717) is 5.56 Å². The van der Waals surface area contributed by atoms with Gasteiger partial charge < -0.3 is 9.15 Å². The van der Waals surface area contributed by atoms with Crippen molar-refractivity contribution in [3.05, 3.63) is 59.5 Å². The number of nitrogens with one attached hydrogen (secondary N) is 2. The number of esters is 1. The maximum absolute atomic E-state index is 11.8. The Labute approximate surface area is 126 Å². The van der Waals surface area contributed by atoms with E-state index in [2.05, 4.69) is 10.9 Å². The second kappa shape index (κ2) is 7.07. The average Bonchev–Trinajstić information content (AvgIpc) is 3.05. The lowest BCUT2D eigenvalue weighted by Gasteiger charge is -2.08. The van der Waals surface area contributed by atoms with Gasteiger partial charge >= 0.3 is 11.9 Å². The van der Waals surface area contributed by atoms with E-state index in [9.17, 15) is 14.4 Å². The van der Waals surface area contributed by atoms with Gasteiger partial charge in [0.1, 0.15) is 0 Å². The van der Waals surface area contributed by atoms with Crippen LogP contribution in [0, 0.1) is 6.92 Å². The van der Waals surface area contributed by atoms with Crippen molar-refractivity contribution in [3.8, 4) is 0 Å². The van der Waals surface area contributed by atoms with Crippen LogP contribution in [0.2, 0.25) is 0 Å². The summed E-state index contributed by atoms with van der Waals surface area (Å²) in [4.78, 5) is 34.8. The molecule has 0 bridgehead atoms. The number of hydrogen-bond acceptors (Lipinski definition) is 5. The molecule has 0 aliphatic carbocycles. The third-order valence-corrected chi connectivity index (χ3v) is 2.76. The molecule has 0 aliphatic heterocycles. The molecule has 0 unspecified atom stereocenters. The molecule has 2 N–H and O–H groups in total. The number of hydrogen-bond donors (Lipinski definition) is 2. The molecule has 0 saturated carbocycles. The zero-order valence-corrected chi connectivity index (χ0v) is 11.8. The van der Waals surface area contributed by atoms with Crippen LogP contribution in [0.4, 0.5) is 0 Å². The maximum Gasteiger partial charge on any atom is 0.338 e. The molecule has 114 valence electrons. The molecule has 2 rings (SSSR count). The molecule has 7 heteroatoms. The number of ether oxygens (including phenoxy) is 1. The molecule has 0 radical (unpaired) electrons. The highest BCUT2D eigenvalue weighted by Crippen LogP contribution is 2.08. The molecular formula is C15H14N2O5. The topological polar surface area (TPSA) is 97.6 Å². The number of carbonyl (C=O) groups excluding carboxylic acids is 3. The smallest absolute Gasteiger partial charge is 0.338 e. The van der Waals surface area contributed by atoms with Crippen molar-refractivity contribution in [2.45, 2.75) is 6.92 Å². The van der Waals surface area contributed by atoms with Gasteiger partial charge in [-0.15, -0.1) is 0 Å². The van der Waals surface area contributed by atoms with E-state index in [1.807, 2.05) is 0 Å². The van der Waals surface area contributed by atoms with Crippen molar-refractivity contribution in [2.24, 2.45) is 0 Å². The Balaban J connectivity index is 1.77. The Morgan fingerprint density at radius 3 is 2.55 bits per heavy atom. The summed E-state index contributed by atoms with van der Waals surface area (Å²) in [6.07, 6.45) is 1.33. The van der Waals surface area contributed by atoms with Gasteiger partial charge in [-0.05, 0) is 30.7 Å². The first-order valence-corrected chi connectivity index (χ1v) is 6.43. The molecule has 7 nitrogen and oxygen atoms in total. The highest BCUT2D eigenvalue weighted by molar-refractivity contribution is 5.94. The van der Waals surface area contributed by atoms with Gasteiger partial charge in [0.15, 0.2) is 12.4 Å². The van der Waals surface area contributed by atoms with E-state index in [-0.39, 0.29) is 5.76 Å². The minimum absolute atomic E-state index is 0.0530. The first kappa shape index (κ1) is 15.3. The van der Waals surface area contributed by atoms with E-state index >= 15 is 0 Å². The molecule has 0 fully saturated rings. The Bertz CT molecular complexity index is 679. The summed E-state index contributed by atoms with van der Waals surface area (Å²) in [5, 5.41) is 0. The van der Waals surface area contributed by atoms with E-state index in [1.165, 1.54) is 12.3 Å². The molecular weight excluding hydrogens is 288 g/mol. The molecule has 1 aromatic heterocycles. The van der Waals surface area contributed by atoms with E-state index < -0.39 is 24.4 Å². The Kier molecular flexibility index (Phi) is 4.92. The number of hydrazine groups is 1. The van der Waals surface area contributed by atoms with Gasteiger partial charge in [0.2, 0.25) is 0 Å². The second-order valence-corrected chi connectivity index (χ2v) is 4.37. The maximum atomic E-state index is 11.8. The van der Waals surface area contributed by atoms with Crippen LogP contribution in [-0.2, 0) is 9.53 Å². The summed E-state index contributed by atoms with van der Waals surface area (Å²) >= 11 is 0. The van der Waals surface area contributed by atoms with Crippen molar-refractivity contribution in [2.75, 3.05) is 6.61 Å². The van der Waals surface area contributed by atoms with Gasteiger partial charge in [0, 0.05) is 0 Å². The average molecular weight is 302 g/mol. The summed E-state index contributed by atoms with van der Waals surface area (Å²) in [6, 6.07) is 9.85. The van der Waals surface area contributed by atoms with Crippen molar-refractivity contribution in [1.82, 2.24) is 10.9 Å². The van der Waals surface area contributed by atoms with Gasteiger partial charge in [0.25, 0.3) is 5.91 Å². The lowest BCUT2D eigenvalue weighted by Crippen LogP contribution is -2.43. The monoisotopic (exact) mass is 302 g/mol. The van der Waals surface area contributed by atoms with Crippen molar-refractivity contribution < 1.29 is 23.5 Å². The molecule has 22 heavy (non-hydrogen) atoms. The zero-order valence-electron chi connectivity index (χ0n) is 11.8. The number of aryl methyl sites for hydroxylation is 1. The van der Waals surface area contributed by atoms with E-state index in [4.69, 9.17) is 9.15 Å². The predicted molar refractivity (Wildman–Crippen MR) is 75.8 cm³/mol. The van der Waals surface area contributed by atoms with Crippen LogP contribution >= 0.6 is 0 Å². The molecule has 1 heterocycles. The summed E-state index contributed by atoms with van der Waals surface area (Å²) in [7, 11) is 0. The standard InChI is InChI=1S/C15H14N2O5/c1-10-5-2-3-6-11(10)15(20)22-9-13(18)16-17-14(19)12-7-4-8-21-12/h2-8H,9H2,1H3,(H,16,18)(H,17,19). The van der Waals surface area contributed by atoms with Crippen LogP contribution < -0.4 is 10.9 Å². The number of rotatable bonds is 4. The Morgan fingerprint density at radius 2 is 1.86 bits per heavy atom. The summed E-state index contributed by atoms with van der Waals surface area (Å²) < 4.78 is 9.72. The lowest BCUT2D eigenvalue weighted by molar-refractivity contribution is -0.125. The highest BCUT2D eigenvalue weighted by atomic mass is 16.5. The minimum Gasteiger partial charge on any atom is -0.459 e. The van der Waals surface area contributed by atoms with Gasteiger partial charge in [0.05, 0.1) is 11.8 Å². The van der Waals surface area contributed by atoms with Gasteiger partial charge in [-0.3, -0.25) is 20.4 Å². The Hall–Kier alpha value is -3.09. The van der Waals surface area contributed by atoms with Crippen molar-refractivity contribution in [1.29, 1.82) is 0 Å². The van der Waals surface area contributed by atoms with Gasteiger partial charge in [-0.1, -0.05) is 18.2 Å². The third-order valence-electron chi connectivity index (χ3n) is 2.76. The second-order valence-electron chi connectivity index (χ2n) is 4.37. The zero-order chi connectivity index (χ0) is 15.9. The van der Waals surface area contributed by atoms with Gasteiger partial charge in [-0.2, -0.15) is 0 Å². The van der Waals surface area contributed by atoms with Crippen molar-refractivity contribution in [3.63, 3.8) is 0 Å². The summed E-state index contributed by atoms with van der Waals surface area (Å²) in [5.74, 6) is -1.83. The summed E-state index contributed by atoms with van der Waals surface area (Å²) in [6.45, 7) is 1.26. The summed E-state index contributed by atoms with van der Waals surface area (Å²) in [5.41, 5.74) is 5.39. The van der Waals surface area contributed by atoms with Crippen LogP contribution in [0.5, 0.6) is 0 Å². The number of furan rings is 1. The SMILES string of the molecule is Cc1ccccc1C(=O)OCC(=O)NNC(=O)c1ccco1. The molecule has 0 aliphatic rings. The highest BCUT2D eigenvalue weighted by Gasteiger charge is 2.13. The molecule has 1 aromatic carbocycles. The van der Waals surface area contributed by atoms with Crippen LogP contribution in [0.1, 0.15) is 26.5 Å². The van der Waals surface area contributed by atoms with E-state index in [1.54, 1.807) is 37.3 Å². The van der Waals surface area contributed by atoms with Crippen molar-refractivity contribution >= 4 is 17.8 Å². The van der Waals surface area contributed by atoms with Crippen LogP contribution in [0.3, 0.4) is 0 Å². The number of amides is 2. The quantitative estimate of drug-likeness (QED) is 0.653. The van der Waals surface area contributed by atoms with Crippen LogP contribution in [0.15, 0.2) is 47.1 Å². The minimum atomic E-state index is -0.665. The number of carbonyl (C=O) groups is 3. The molecule has 2 aromatic rings. The molecule has 0 atom stereocenters. The fraction of sp³-hybridized carbons (Fsp3) is 0.133. The normalized spacial score (nSPS) is 9.86. The van der Waals surface area contributed by atoms with E-state index in [0.717, 1.165) is 5.56 Å². The molecule has 2 amide bonds. The predicted octanol–water partition coefficient (Wildman–Crippen LogP) is 1.21. The molecule has 0 spiro atoms. The first-order valence-electron chi connectivity index (χ1n) is 6.43. The lowest BCUT2D eigenvalue weighted by atomic mass is 10.1. The van der Waals surface area contributed by atoms with Crippen LogP contribution in [0.25, 0.3) is 0 Å². The first-order chi connectivity index (χ1) is 10.6. The fourth-order valence-corrected chi connectivity index (χ4v) is 1.64. The van der Waals surface area contributed by atoms with Crippen LogP contribution in [-0.4, -0.2) is 24.4 Å². The third kappa shape index (κ3) is 3.95. The number of benzene rings is 1. The molecule has 0 saturated heterocycles. The fourth-order valence-electron chi connectivity index (χ4n) is 1.64. The van der Waals surface area contributed by atoms with Gasteiger partial charge in [-0.25, -0.2) is 4.79 Å².